The maximum Gasteiger partial charge on any atom is 0.157 e. The summed E-state index contributed by atoms with van der Waals surface area (Å²) in [6, 6.07) is 7.67. The van der Waals surface area contributed by atoms with Crippen LogP contribution in [0.3, 0.4) is 0 Å². The fourth-order valence-electron chi connectivity index (χ4n) is 2.05. The smallest absolute Gasteiger partial charge is 0.157 e. The normalized spacial score (nSPS) is 11.9. The van der Waals surface area contributed by atoms with Gasteiger partial charge in [0.1, 0.15) is 11.7 Å². The Hall–Kier alpha value is -2.96. The molecule has 20 heavy (non-hydrogen) atoms. The highest BCUT2D eigenvalue weighted by atomic mass is 16.4. The van der Waals surface area contributed by atoms with Gasteiger partial charge >= 0.3 is 0 Å². The average molecular weight is 268 g/mol. The molecule has 2 heterocycles. The van der Waals surface area contributed by atoms with Crippen molar-refractivity contribution in [2.24, 2.45) is 10.9 Å². The number of amidine groups is 1. The van der Waals surface area contributed by atoms with Crippen LogP contribution in [-0.4, -0.2) is 30.6 Å². The van der Waals surface area contributed by atoms with Crippen molar-refractivity contribution in [3.05, 3.63) is 48.7 Å². The third-order valence-corrected chi connectivity index (χ3v) is 2.88. The van der Waals surface area contributed by atoms with Crippen LogP contribution in [0.15, 0.2) is 48.0 Å². The highest BCUT2D eigenvalue weighted by Crippen LogP contribution is 2.20. The van der Waals surface area contributed by atoms with Crippen molar-refractivity contribution >= 4 is 16.9 Å². The number of rotatable bonds is 3. The fourth-order valence-corrected chi connectivity index (χ4v) is 2.05. The summed E-state index contributed by atoms with van der Waals surface area (Å²) >= 11 is 0. The number of hydrogen-bond donors (Lipinski definition) is 2. The van der Waals surface area contributed by atoms with Crippen LogP contribution in [-0.2, 0) is 6.42 Å². The van der Waals surface area contributed by atoms with Gasteiger partial charge in [-0.1, -0.05) is 17.3 Å². The Bertz CT molecular complexity index is 765. The lowest BCUT2D eigenvalue weighted by molar-refractivity contribution is 0.317. The molecule has 0 aliphatic rings. The van der Waals surface area contributed by atoms with E-state index in [0.717, 1.165) is 11.0 Å². The maximum absolute atomic E-state index is 8.73. The Labute approximate surface area is 114 Å². The van der Waals surface area contributed by atoms with Crippen molar-refractivity contribution in [1.29, 1.82) is 0 Å². The predicted molar refractivity (Wildman–Crippen MR) is 73.8 cm³/mol. The molecule has 0 atom stereocenters. The van der Waals surface area contributed by atoms with E-state index in [9.17, 15) is 0 Å². The minimum Gasteiger partial charge on any atom is -0.409 e. The summed E-state index contributed by atoms with van der Waals surface area (Å²) in [5.74, 6) is 1.37. The lowest BCUT2D eigenvalue weighted by Gasteiger charge is -2.06. The van der Waals surface area contributed by atoms with E-state index in [-0.39, 0.29) is 12.3 Å². The summed E-state index contributed by atoms with van der Waals surface area (Å²) in [5, 5.41) is 11.7. The van der Waals surface area contributed by atoms with E-state index in [2.05, 4.69) is 20.1 Å². The van der Waals surface area contributed by atoms with Crippen LogP contribution >= 0.6 is 0 Å². The highest BCUT2D eigenvalue weighted by molar-refractivity contribution is 5.84. The van der Waals surface area contributed by atoms with Crippen LogP contribution in [0, 0.1) is 0 Å². The van der Waals surface area contributed by atoms with Crippen LogP contribution in [0.2, 0.25) is 0 Å². The van der Waals surface area contributed by atoms with Crippen LogP contribution < -0.4 is 5.73 Å². The number of benzene rings is 1. The van der Waals surface area contributed by atoms with Gasteiger partial charge in [-0.25, -0.2) is 9.97 Å². The maximum atomic E-state index is 8.73. The first-order valence-corrected chi connectivity index (χ1v) is 5.98. The molecular weight excluding hydrogens is 256 g/mol. The summed E-state index contributed by atoms with van der Waals surface area (Å²) in [6.45, 7) is 0. The monoisotopic (exact) mass is 268 g/mol. The van der Waals surface area contributed by atoms with Crippen molar-refractivity contribution in [1.82, 2.24) is 19.5 Å². The zero-order valence-electron chi connectivity index (χ0n) is 10.5. The third-order valence-electron chi connectivity index (χ3n) is 2.88. The van der Waals surface area contributed by atoms with E-state index in [1.807, 2.05) is 28.8 Å². The highest BCUT2D eigenvalue weighted by Gasteiger charge is 2.14. The molecule has 2 aromatic heterocycles. The Morgan fingerprint density at radius 1 is 1.30 bits per heavy atom. The second kappa shape index (κ2) is 4.96. The molecule has 0 aliphatic heterocycles. The van der Waals surface area contributed by atoms with E-state index >= 15 is 0 Å². The third kappa shape index (κ3) is 2.05. The average Bonchev–Trinajstić information content (AvgIpc) is 2.85. The van der Waals surface area contributed by atoms with E-state index in [0.29, 0.717) is 11.6 Å². The molecule has 7 nitrogen and oxygen atoms in total. The van der Waals surface area contributed by atoms with Gasteiger partial charge in [0.15, 0.2) is 5.82 Å². The summed E-state index contributed by atoms with van der Waals surface area (Å²) in [5.41, 5.74) is 7.30. The number of nitrogens with zero attached hydrogens (tertiary/aromatic N) is 5. The Balaban J connectivity index is 2.23. The topological polar surface area (TPSA) is 102 Å². The van der Waals surface area contributed by atoms with E-state index in [1.54, 1.807) is 18.6 Å². The van der Waals surface area contributed by atoms with Gasteiger partial charge in [0.05, 0.1) is 23.7 Å². The minimum atomic E-state index is 0.0884. The van der Waals surface area contributed by atoms with Crippen LogP contribution in [0.1, 0.15) is 5.82 Å². The van der Waals surface area contributed by atoms with Crippen LogP contribution in [0.4, 0.5) is 0 Å². The molecule has 100 valence electrons. The number of hydrogen-bond acceptors (Lipinski definition) is 5. The molecular formula is C13H12N6O. The number of para-hydroxylation sites is 2. The Morgan fingerprint density at radius 2 is 2.15 bits per heavy atom. The molecule has 3 rings (SSSR count). The molecule has 0 radical (unpaired) electrons. The zero-order valence-corrected chi connectivity index (χ0v) is 10.5. The van der Waals surface area contributed by atoms with Crippen molar-refractivity contribution in [2.75, 3.05) is 0 Å². The van der Waals surface area contributed by atoms with Crippen molar-refractivity contribution in [3.63, 3.8) is 0 Å². The summed E-state index contributed by atoms with van der Waals surface area (Å²) in [6.07, 6.45) is 5.08. The molecule has 0 unspecified atom stereocenters. The van der Waals surface area contributed by atoms with Gasteiger partial charge in [0, 0.05) is 12.4 Å². The number of fused-ring (bicyclic) bond motifs is 1. The Morgan fingerprint density at radius 3 is 2.90 bits per heavy atom. The van der Waals surface area contributed by atoms with Gasteiger partial charge in [-0.15, -0.1) is 0 Å². The van der Waals surface area contributed by atoms with Gasteiger partial charge in [-0.2, -0.15) is 0 Å². The second-order valence-electron chi connectivity index (χ2n) is 4.18. The van der Waals surface area contributed by atoms with Gasteiger partial charge in [-0.3, -0.25) is 9.55 Å². The molecule has 0 aliphatic carbocycles. The number of nitrogens with two attached hydrogens (primary N) is 1. The lowest BCUT2D eigenvalue weighted by atomic mass is 10.3. The Kier molecular flexibility index (Phi) is 3.00. The first kappa shape index (κ1) is 12.1. The predicted octanol–water partition coefficient (Wildman–Crippen LogP) is 1.10. The quantitative estimate of drug-likeness (QED) is 0.320. The fraction of sp³-hybridized carbons (Fsp3) is 0.0769. The van der Waals surface area contributed by atoms with E-state index in [1.165, 1.54) is 0 Å². The minimum absolute atomic E-state index is 0.0884. The van der Waals surface area contributed by atoms with Gasteiger partial charge in [-0.05, 0) is 12.1 Å². The van der Waals surface area contributed by atoms with Gasteiger partial charge in [0.2, 0.25) is 0 Å². The molecule has 3 aromatic rings. The molecule has 0 saturated heterocycles. The molecule has 0 fully saturated rings. The second-order valence-corrected chi connectivity index (χ2v) is 4.18. The van der Waals surface area contributed by atoms with Crippen molar-refractivity contribution in [3.8, 4) is 5.82 Å². The lowest BCUT2D eigenvalue weighted by Crippen LogP contribution is -2.18. The first-order valence-electron chi connectivity index (χ1n) is 5.98. The van der Waals surface area contributed by atoms with Crippen LogP contribution in [0.25, 0.3) is 16.9 Å². The molecule has 0 saturated carbocycles. The number of oxime groups is 1. The zero-order chi connectivity index (χ0) is 13.9. The number of aromatic nitrogens is 4. The van der Waals surface area contributed by atoms with E-state index in [4.69, 9.17) is 10.9 Å². The molecule has 3 N–H and O–H groups in total. The summed E-state index contributed by atoms with van der Waals surface area (Å²) < 4.78 is 1.85. The van der Waals surface area contributed by atoms with Gasteiger partial charge in [0.25, 0.3) is 0 Å². The molecule has 7 heteroatoms. The molecule has 1 aromatic carbocycles. The van der Waals surface area contributed by atoms with Crippen molar-refractivity contribution in [2.45, 2.75) is 6.42 Å². The first-order chi connectivity index (χ1) is 9.79. The van der Waals surface area contributed by atoms with Gasteiger partial charge < -0.3 is 10.9 Å². The standard InChI is InChI=1S/C13H12N6O/c14-11(18-20)7-12-17-9-3-1-2-4-10(9)19(12)13-8-15-5-6-16-13/h1-6,8,20H,7H2,(H2,14,18). The summed E-state index contributed by atoms with van der Waals surface area (Å²) in [7, 11) is 0. The van der Waals surface area contributed by atoms with Crippen molar-refractivity contribution < 1.29 is 5.21 Å². The molecule has 0 bridgehead atoms. The van der Waals surface area contributed by atoms with Crippen LogP contribution in [0.5, 0.6) is 0 Å². The molecule has 0 amide bonds. The molecule has 0 spiro atoms. The summed E-state index contributed by atoms with van der Waals surface area (Å²) in [4.78, 5) is 12.8. The van der Waals surface area contributed by atoms with E-state index < -0.39 is 0 Å². The number of imidazole rings is 1. The largest absolute Gasteiger partial charge is 0.409 e. The SMILES string of the molecule is NC(Cc1nc2ccccc2n1-c1cnccn1)=NO.